The Hall–Kier alpha value is -1.54. The largest absolute Gasteiger partial charge is 0.509 e. The molecule has 0 amide bonds. The Balaban J connectivity index is 1.82. The molecule has 0 aromatic heterocycles. The Kier molecular flexibility index (Phi) is 7.67. The van der Waals surface area contributed by atoms with Gasteiger partial charge in [-0.25, -0.2) is 4.79 Å². The monoisotopic (exact) mass is 650 g/mol. The third kappa shape index (κ3) is 4.57. The van der Waals surface area contributed by atoms with Crippen LogP contribution in [-0.2, 0) is 37.4 Å². The van der Waals surface area contributed by atoms with E-state index in [1.807, 2.05) is 13.8 Å². The van der Waals surface area contributed by atoms with Crippen molar-refractivity contribution in [2.24, 2.45) is 22.7 Å². The van der Waals surface area contributed by atoms with Gasteiger partial charge < -0.3 is 27.8 Å². The fourth-order valence-corrected chi connectivity index (χ4v) is 11.6. The number of carbonyl (C=O) groups is 3. The van der Waals surface area contributed by atoms with E-state index in [9.17, 15) is 9.59 Å². The Morgan fingerprint density at radius 2 is 1.64 bits per heavy atom. The predicted octanol–water partition coefficient (Wildman–Crippen LogP) is 6.56. The summed E-state index contributed by atoms with van der Waals surface area (Å²) < 4.78 is 39.1. The van der Waals surface area contributed by atoms with E-state index in [1.165, 1.54) is 6.92 Å². The summed E-state index contributed by atoms with van der Waals surface area (Å²) in [7, 11) is -4.49. The molecule has 2 saturated carbocycles. The molecule has 1 spiro atoms. The van der Waals surface area contributed by atoms with Gasteiger partial charge in [-0.05, 0) is 62.8 Å². The van der Waals surface area contributed by atoms with Gasteiger partial charge in [0.25, 0.3) is 0 Å². The lowest BCUT2D eigenvalue weighted by Gasteiger charge is -2.67. The van der Waals surface area contributed by atoms with Crippen molar-refractivity contribution in [1.29, 1.82) is 0 Å². The van der Waals surface area contributed by atoms with Gasteiger partial charge in [0, 0.05) is 31.1 Å². The van der Waals surface area contributed by atoms with Gasteiger partial charge in [0.15, 0.2) is 33.9 Å². The molecule has 0 aromatic carbocycles. The third-order valence-corrected chi connectivity index (χ3v) is 17.6. The summed E-state index contributed by atoms with van der Waals surface area (Å²) in [5, 5.41) is -0.122. The lowest BCUT2D eigenvalue weighted by molar-refractivity contribution is -0.335. The van der Waals surface area contributed by atoms with E-state index in [-0.39, 0.29) is 23.5 Å². The quantitative estimate of drug-likeness (QED) is 0.186. The highest BCUT2D eigenvalue weighted by Crippen LogP contribution is 2.68. The number of carbonyl (C=O) groups excluding carboxylic acids is 3. The summed E-state index contributed by atoms with van der Waals surface area (Å²) in [5.41, 5.74) is -2.40. The van der Waals surface area contributed by atoms with Gasteiger partial charge in [-0.1, -0.05) is 41.5 Å². The number of rotatable bonds is 5. The number of hydrogen-bond acceptors (Lipinski definition) is 9. The minimum Gasteiger partial charge on any atom is -0.454 e. The highest BCUT2D eigenvalue weighted by Gasteiger charge is 2.80. The summed E-state index contributed by atoms with van der Waals surface area (Å²) in [5.74, 6) is -1.78. The maximum Gasteiger partial charge on any atom is 0.509 e. The Bertz CT molecular complexity index is 1290. The molecule has 248 valence electrons. The molecule has 2 bridgehead atoms. The van der Waals surface area contributed by atoms with Crippen molar-refractivity contribution in [3.8, 4) is 0 Å². The molecule has 4 fully saturated rings. The summed E-state index contributed by atoms with van der Waals surface area (Å²) in [6, 6.07) is 0. The molecule has 0 N–H and O–H groups in total. The van der Waals surface area contributed by atoms with Crippen LogP contribution in [0.2, 0.25) is 37.8 Å². The Morgan fingerprint density at radius 1 is 1.02 bits per heavy atom. The van der Waals surface area contributed by atoms with Gasteiger partial charge in [0.2, 0.25) is 0 Å². The van der Waals surface area contributed by atoms with Crippen molar-refractivity contribution in [3.63, 3.8) is 0 Å². The normalized spacial score (nSPS) is 41.7. The van der Waals surface area contributed by atoms with Crippen LogP contribution in [0.1, 0.15) is 75.2 Å². The highest BCUT2D eigenvalue weighted by atomic mass is 28.4. The number of fused-ring (bicyclic) bond motifs is 5. The van der Waals surface area contributed by atoms with Crippen molar-refractivity contribution in [2.75, 3.05) is 6.61 Å². The molecule has 3 aliphatic carbocycles. The van der Waals surface area contributed by atoms with Crippen LogP contribution >= 0.6 is 0 Å². The maximum absolute atomic E-state index is 15.4. The van der Waals surface area contributed by atoms with Crippen molar-refractivity contribution < 1.29 is 42.2 Å². The molecule has 9 nitrogen and oxygen atoms in total. The van der Waals surface area contributed by atoms with Gasteiger partial charge in [0.05, 0.1) is 30.1 Å². The fraction of sp³-hybridized carbons (Fsp3) is 0.848. The van der Waals surface area contributed by atoms with Crippen molar-refractivity contribution in [2.45, 2.75) is 149 Å². The molecule has 0 aromatic rings. The summed E-state index contributed by atoms with van der Waals surface area (Å²) in [4.78, 5) is 41.7. The second kappa shape index (κ2) is 9.98. The first-order valence-electron chi connectivity index (χ1n) is 16.2. The molecule has 2 saturated heterocycles. The van der Waals surface area contributed by atoms with E-state index in [2.05, 4.69) is 74.3 Å². The van der Waals surface area contributed by atoms with Crippen LogP contribution in [0.4, 0.5) is 4.79 Å². The summed E-state index contributed by atoms with van der Waals surface area (Å²) in [6.45, 7) is 28.9. The van der Waals surface area contributed by atoms with Crippen LogP contribution in [0.15, 0.2) is 11.1 Å². The maximum atomic E-state index is 15.4. The van der Waals surface area contributed by atoms with E-state index >= 15 is 4.79 Å². The van der Waals surface area contributed by atoms with Crippen LogP contribution in [0, 0.1) is 22.7 Å². The zero-order valence-electron chi connectivity index (χ0n) is 29.3. The molecule has 9 atom stereocenters. The SMILES string of the molecule is CC(=O)O[C@@]12CO[C@@H]1C[C@H](O[Si](C)(C)C(C)(C)C)[C@@]1(C)C(=O)[C@H](C)C3=C(C)[C@@H](O[Si](C)(C)C)C[C@]4(OC(=O)O[C@H]4[C@H]21)C3(C)C. The molecule has 0 unspecified atom stereocenters. The standard InChI is InChI=1S/C33H54O9Si2/c1-18-21(41-43(10,11)12)16-33-27(38-28(36)40-33)25-31(9,26(35)19(2)24(18)30(33,7)8)22(42-44(13,14)29(4,5)6)15-23-32(25,17-37-23)39-20(3)34/h19,21-23,25,27H,15-17H2,1-14H3/t19-,21+,22+,23-,25+,27+,31-,32+,33-/m1/s1. The van der Waals surface area contributed by atoms with Gasteiger partial charge in [-0.15, -0.1) is 0 Å². The molecule has 2 heterocycles. The third-order valence-electron chi connectivity index (χ3n) is 12.1. The number of ketones is 1. The number of hydrogen-bond donors (Lipinski definition) is 0. The Labute approximate surface area is 265 Å². The molecule has 11 heteroatoms. The summed E-state index contributed by atoms with van der Waals surface area (Å²) in [6.07, 6.45) is -2.36. The topological polar surface area (TPSA) is 107 Å². The average molecular weight is 651 g/mol. The molecule has 44 heavy (non-hydrogen) atoms. The first kappa shape index (κ1) is 33.8. The number of Topliss-reactive ketones (excluding diaryl/α,β-unsaturated/α-hetero) is 1. The van der Waals surface area contributed by atoms with Gasteiger partial charge in [-0.2, -0.15) is 0 Å². The van der Waals surface area contributed by atoms with Gasteiger partial charge in [0.1, 0.15) is 11.9 Å². The highest BCUT2D eigenvalue weighted by molar-refractivity contribution is 6.74. The molecular weight excluding hydrogens is 597 g/mol. The summed E-state index contributed by atoms with van der Waals surface area (Å²) >= 11 is 0. The van der Waals surface area contributed by atoms with Gasteiger partial charge >= 0.3 is 12.1 Å². The van der Waals surface area contributed by atoms with Crippen LogP contribution in [0.5, 0.6) is 0 Å². The predicted molar refractivity (Wildman–Crippen MR) is 170 cm³/mol. The molecule has 5 rings (SSSR count). The first-order chi connectivity index (χ1) is 19.9. The lowest BCUT2D eigenvalue weighted by atomic mass is 9.44. The van der Waals surface area contributed by atoms with E-state index in [0.29, 0.717) is 12.8 Å². The van der Waals surface area contributed by atoms with Crippen LogP contribution in [0.25, 0.3) is 0 Å². The molecular formula is C33H54O9Si2. The zero-order valence-corrected chi connectivity index (χ0v) is 31.3. The zero-order chi connectivity index (χ0) is 33.2. The van der Waals surface area contributed by atoms with Crippen molar-refractivity contribution >= 4 is 34.5 Å². The Morgan fingerprint density at radius 3 is 2.14 bits per heavy atom. The van der Waals surface area contributed by atoms with E-state index in [0.717, 1.165) is 11.1 Å². The van der Waals surface area contributed by atoms with E-state index in [1.54, 1.807) is 0 Å². The van der Waals surface area contributed by atoms with Crippen molar-refractivity contribution in [3.05, 3.63) is 11.1 Å². The van der Waals surface area contributed by atoms with Gasteiger partial charge in [-0.3, -0.25) is 9.59 Å². The minimum atomic E-state index is -2.42. The van der Waals surface area contributed by atoms with E-state index < -0.39 is 80.9 Å². The smallest absolute Gasteiger partial charge is 0.454 e. The van der Waals surface area contributed by atoms with Crippen LogP contribution < -0.4 is 0 Å². The number of esters is 1. The lowest BCUT2D eigenvalue weighted by Crippen LogP contribution is -2.81. The van der Waals surface area contributed by atoms with Crippen LogP contribution in [-0.4, -0.2) is 76.8 Å². The average Bonchev–Trinajstić information content (AvgIpc) is 3.16. The molecule has 5 aliphatic rings. The number of ether oxygens (including phenoxy) is 4. The minimum absolute atomic E-state index is 0.00397. The van der Waals surface area contributed by atoms with Crippen LogP contribution in [0.3, 0.4) is 0 Å². The second-order valence-corrected chi connectivity index (χ2v) is 26.4. The van der Waals surface area contributed by atoms with Crippen molar-refractivity contribution in [1.82, 2.24) is 0 Å². The second-order valence-electron chi connectivity index (χ2n) is 17.2. The van der Waals surface area contributed by atoms with E-state index in [4.69, 9.17) is 27.8 Å². The molecule has 2 aliphatic heterocycles. The molecule has 0 radical (unpaired) electrons. The first-order valence-corrected chi connectivity index (χ1v) is 22.5. The fourth-order valence-electron chi connectivity index (χ4n) is 9.11.